The normalized spacial score (nSPS) is 15.9. The summed E-state index contributed by atoms with van der Waals surface area (Å²) in [4.78, 5) is 11.0. The van der Waals surface area contributed by atoms with Crippen molar-refractivity contribution in [3.8, 4) is 6.07 Å². The van der Waals surface area contributed by atoms with Crippen LogP contribution in [0.2, 0.25) is 0 Å². The number of nitrogens with zero attached hydrogens (tertiary/aromatic N) is 2. The molecule has 0 unspecified atom stereocenters. The van der Waals surface area contributed by atoms with E-state index in [4.69, 9.17) is 10.4 Å². The van der Waals surface area contributed by atoms with Gasteiger partial charge in [-0.25, -0.2) is 0 Å². The van der Waals surface area contributed by atoms with E-state index < -0.39 is 5.97 Å². The van der Waals surface area contributed by atoms with Gasteiger partial charge in [0.15, 0.2) is 0 Å². The number of carboxylic acid groups (broad SMARTS) is 1. The molecule has 1 heterocycles. The maximum atomic E-state index is 11.0. The van der Waals surface area contributed by atoms with E-state index in [0.29, 0.717) is 6.42 Å². The third-order valence-electron chi connectivity index (χ3n) is 4.13. The molecule has 20 heavy (non-hydrogen) atoms. The fraction of sp³-hybridized carbons (Fsp3) is 0.375. The zero-order valence-corrected chi connectivity index (χ0v) is 11.2. The van der Waals surface area contributed by atoms with Crippen LogP contribution >= 0.6 is 0 Å². The molecule has 0 aliphatic heterocycles. The quantitative estimate of drug-likeness (QED) is 0.906. The Bertz CT molecular complexity index is 705. The van der Waals surface area contributed by atoms with Crippen molar-refractivity contribution in [3.05, 3.63) is 36.0 Å². The minimum absolute atomic E-state index is 0.0404. The number of carbonyl (C=O) groups is 1. The van der Waals surface area contributed by atoms with Gasteiger partial charge < -0.3 is 9.67 Å². The van der Waals surface area contributed by atoms with Crippen molar-refractivity contribution < 1.29 is 9.90 Å². The van der Waals surface area contributed by atoms with Crippen molar-refractivity contribution >= 4 is 16.9 Å². The van der Waals surface area contributed by atoms with Crippen LogP contribution < -0.4 is 0 Å². The summed E-state index contributed by atoms with van der Waals surface area (Å²) < 4.78 is 2.12. The standard InChI is InChI=1S/C16H16N2O2/c17-8-7-16(5-6-16)11-18-10-12(9-15(19)20)13-3-1-2-4-14(13)18/h1-4,10H,5-7,9,11H2,(H,19,20). The summed E-state index contributed by atoms with van der Waals surface area (Å²) in [6.07, 6.45) is 4.73. The number of fused-ring (bicyclic) bond motifs is 1. The van der Waals surface area contributed by atoms with Gasteiger partial charge in [-0.3, -0.25) is 4.79 Å². The van der Waals surface area contributed by atoms with Gasteiger partial charge in [-0.1, -0.05) is 18.2 Å². The second-order valence-electron chi connectivity index (χ2n) is 5.70. The van der Waals surface area contributed by atoms with Gasteiger partial charge in [0.05, 0.1) is 12.5 Å². The number of benzene rings is 1. The summed E-state index contributed by atoms with van der Waals surface area (Å²) in [7, 11) is 0. The number of aromatic nitrogens is 1. The van der Waals surface area contributed by atoms with Crippen LogP contribution in [0.25, 0.3) is 10.9 Å². The average molecular weight is 268 g/mol. The van der Waals surface area contributed by atoms with Crippen molar-refractivity contribution in [3.63, 3.8) is 0 Å². The highest BCUT2D eigenvalue weighted by Crippen LogP contribution is 2.50. The van der Waals surface area contributed by atoms with Crippen LogP contribution in [0.4, 0.5) is 0 Å². The lowest BCUT2D eigenvalue weighted by Crippen LogP contribution is -2.10. The van der Waals surface area contributed by atoms with E-state index in [2.05, 4.69) is 10.6 Å². The van der Waals surface area contributed by atoms with Gasteiger partial charge in [-0.05, 0) is 24.5 Å². The number of nitriles is 1. The second kappa shape index (κ2) is 4.68. The van der Waals surface area contributed by atoms with E-state index in [1.807, 2.05) is 30.5 Å². The van der Waals surface area contributed by atoms with Crippen LogP contribution in [0.3, 0.4) is 0 Å². The Morgan fingerprint density at radius 2 is 2.15 bits per heavy atom. The summed E-state index contributed by atoms with van der Waals surface area (Å²) >= 11 is 0. The molecule has 0 amide bonds. The Labute approximate surface area is 117 Å². The van der Waals surface area contributed by atoms with Gasteiger partial charge >= 0.3 is 5.97 Å². The summed E-state index contributed by atoms with van der Waals surface area (Å²) in [6.45, 7) is 0.806. The molecule has 1 aliphatic rings. The highest BCUT2D eigenvalue weighted by Gasteiger charge is 2.42. The lowest BCUT2D eigenvalue weighted by atomic mass is 10.0. The molecule has 2 aromatic rings. The topological polar surface area (TPSA) is 66.0 Å². The maximum absolute atomic E-state index is 11.0. The van der Waals surface area contributed by atoms with Crippen LogP contribution in [-0.2, 0) is 17.8 Å². The van der Waals surface area contributed by atoms with Crippen molar-refractivity contribution in [2.75, 3.05) is 0 Å². The first-order valence-electron chi connectivity index (χ1n) is 6.79. The third kappa shape index (κ3) is 2.27. The average Bonchev–Trinajstić information content (AvgIpc) is 3.08. The molecule has 4 heteroatoms. The highest BCUT2D eigenvalue weighted by molar-refractivity contribution is 5.87. The number of para-hydroxylation sites is 1. The predicted molar refractivity (Wildman–Crippen MR) is 75.2 cm³/mol. The molecule has 4 nitrogen and oxygen atoms in total. The molecule has 0 saturated heterocycles. The van der Waals surface area contributed by atoms with Crippen molar-refractivity contribution in [2.45, 2.75) is 32.2 Å². The molecule has 0 bridgehead atoms. The Morgan fingerprint density at radius 1 is 1.40 bits per heavy atom. The number of carboxylic acids is 1. The molecule has 0 radical (unpaired) electrons. The number of hydrogen-bond acceptors (Lipinski definition) is 2. The van der Waals surface area contributed by atoms with E-state index in [0.717, 1.165) is 35.9 Å². The smallest absolute Gasteiger partial charge is 0.307 e. The van der Waals surface area contributed by atoms with Crippen LogP contribution in [-0.4, -0.2) is 15.6 Å². The summed E-state index contributed by atoms with van der Waals surface area (Å²) in [6, 6.07) is 10.1. The number of aliphatic carboxylic acids is 1. The van der Waals surface area contributed by atoms with Crippen LogP contribution in [0, 0.1) is 16.7 Å². The minimum Gasteiger partial charge on any atom is -0.481 e. The van der Waals surface area contributed by atoms with Gasteiger partial charge in [-0.2, -0.15) is 5.26 Å². The largest absolute Gasteiger partial charge is 0.481 e. The maximum Gasteiger partial charge on any atom is 0.307 e. The summed E-state index contributed by atoms with van der Waals surface area (Å²) in [5, 5.41) is 18.9. The van der Waals surface area contributed by atoms with Gasteiger partial charge in [-0.15, -0.1) is 0 Å². The Morgan fingerprint density at radius 3 is 2.80 bits per heavy atom. The van der Waals surface area contributed by atoms with Gasteiger partial charge in [0.25, 0.3) is 0 Å². The van der Waals surface area contributed by atoms with Gasteiger partial charge in [0, 0.05) is 35.5 Å². The zero-order chi connectivity index (χ0) is 14.2. The molecule has 1 N–H and O–H groups in total. The lowest BCUT2D eigenvalue weighted by molar-refractivity contribution is -0.136. The minimum atomic E-state index is -0.814. The lowest BCUT2D eigenvalue weighted by Gasteiger charge is -2.13. The van der Waals surface area contributed by atoms with Crippen molar-refractivity contribution in [1.82, 2.24) is 4.57 Å². The Kier molecular flexibility index (Phi) is 2.98. The fourth-order valence-electron chi connectivity index (χ4n) is 2.85. The summed E-state index contributed by atoms with van der Waals surface area (Å²) in [5.74, 6) is -0.814. The molecular weight excluding hydrogens is 252 g/mol. The predicted octanol–water partition coefficient (Wildman–Crippen LogP) is 2.96. The first kappa shape index (κ1) is 12.7. The van der Waals surface area contributed by atoms with Crippen LogP contribution in [0.15, 0.2) is 30.5 Å². The SMILES string of the molecule is N#CCC1(Cn2cc(CC(=O)O)c3ccccc32)CC1. The Balaban J connectivity index is 1.99. The first-order chi connectivity index (χ1) is 9.63. The Hall–Kier alpha value is -2.28. The molecule has 1 saturated carbocycles. The van der Waals surface area contributed by atoms with Gasteiger partial charge in [0.2, 0.25) is 0 Å². The molecule has 102 valence electrons. The third-order valence-corrected chi connectivity index (χ3v) is 4.13. The fourth-order valence-corrected chi connectivity index (χ4v) is 2.85. The summed E-state index contributed by atoms with van der Waals surface area (Å²) in [5.41, 5.74) is 2.02. The second-order valence-corrected chi connectivity index (χ2v) is 5.70. The van der Waals surface area contributed by atoms with E-state index >= 15 is 0 Å². The first-order valence-corrected chi connectivity index (χ1v) is 6.79. The monoisotopic (exact) mass is 268 g/mol. The molecule has 1 fully saturated rings. The van der Waals surface area contributed by atoms with E-state index in [9.17, 15) is 4.79 Å². The highest BCUT2D eigenvalue weighted by atomic mass is 16.4. The molecule has 0 spiro atoms. The van der Waals surface area contributed by atoms with E-state index in [1.165, 1.54) is 0 Å². The molecule has 3 rings (SSSR count). The van der Waals surface area contributed by atoms with Crippen LogP contribution in [0.1, 0.15) is 24.8 Å². The molecule has 1 aromatic heterocycles. The van der Waals surface area contributed by atoms with E-state index in [1.54, 1.807) is 0 Å². The molecule has 1 aliphatic carbocycles. The molecular formula is C16H16N2O2. The molecule has 0 atom stereocenters. The van der Waals surface area contributed by atoms with Crippen molar-refractivity contribution in [1.29, 1.82) is 5.26 Å². The number of hydrogen-bond donors (Lipinski definition) is 1. The number of rotatable bonds is 5. The zero-order valence-electron chi connectivity index (χ0n) is 11.2. The van der Waals surface area contributed by atoms with E-state index in [-0.39, 0.29) is 11.8 Å². The van der Waals surface area contributed by atoms with Gasteiger partial charge in [0.1, 0.15) is 0 Å². The van der Waals surface area contributed by atoms with Crippen molar-refractivity contribution in [2.24, 2.45) is 5.41 Å². The molecule has 1 aromatic carbocycles. The van der Waals surface area contributed by atoms with Crippen LogP contribution in [0.5, 0.6) is 0 Å².